The first kappa shape index (κ1) is 13.8. The monoisotopic (exact) mass is 314 g/mol. The van der Waals surface area contributed by atoms with E-state index in [2.05, 4.69) is 5.32 Å². The van der Waals surface area contributed by atoms with E-state index in [0.717, 1.165) is 5.56 Å². The van der Waals surface area contributed by atoms with Crippen molar-refractivity contribution in [2.45, 2.75) is 0 Å². The number of carbonyl (C=O) groups is 1. The van der Waals surface area contributed by atoms with E-state index in [0.29, 0.717) is 21.5 Å². The largest absolute Gasteiger partial charge is 0.327 e. The molecule has 2 aromatic rings. The number of thiocarbonyl (C=S) groups is 1. The number of anilines is 1. The van der Waals surface area contributed by atoms with Crippen molar-refractivity contribution in [1.29, 1.82) is 0 Å². The molecule has 3 rings (SSSR count). The molecule has 21 heavy (non-hydrogen) atoms. The number of amides is 1. The second-order valence-electron chi connectivity index (χ2n) is 4.52. The topological polar surface area (TPSA) is 32.3 Å². The van der Waals surface area contributed by atoms with E-state index in [1.165, 1.54) is 4.90 Å². The van der Waals surface area contributed by atoms with Gasteiger partial charge in [0.2, 0.25) is 0 Å². The van der Waals surface area contributed by atoms with Crippen molar-refractivity contribution in [1.82, 2.24) is 5.32 Å². The molecule has 5 heteroatoms. The summed E-state index contributed by atoms with van der Waals surface area (Å²) < 4.78 is 0. The average Bonchev–Trinajstić information content (AvgIpc) is 2.74. The molecule has 1 aliphatic heterocycles. The van der Waals surface area contributed by atoms with Gasteiger partial charge < -0.3 is 5.32 Å². The normalized spacial score (nSPS) is 16.4. The van der Waals surface area contributed by atoms with E-state index in [9.17, 15) is 4.79 Å². The molecule has 1 fully saturated rings. The summed E-state index contributed by atoms with van der Waals surface area (Å²) in [7, 11) is 0. The van der Waals surface area contributed by atoms with Crippen LogP contribution in [0.4, 0.5) is 5.69 Å². The molecule has 1 saturated heterocycles. The number of hydrogen-bond acceptors (Lipinski definition) is 2. The Balaban J connectivity index is 1.94. The van der Waals surface area contributed by atoms with E-state index < -0.39 is 0 Å². The first-order chi connectivity index (χ1) is 10.1. The molecule has 0 radical (unpaired) electrons. The van der Waals surface area contributed by atoms with Crippen molar-refractivity contribution in [3.8, 4) is 0 Å². The molecule has 1 heterocycles. The highest BCUT2D eigenvalue weighted by Crippen LogP contribution is 2.24. The van der Waals surface area contributed by atoms with Crippen molar-refractivity contribution in [2.24, 2.45) is 0 Å². The quantitative estimate of drug-likeness (QED) is 0.679. The predicted molar refractivity (Wildman–Crippen MR) is 89.1 cm³/mol. The van der Waals surface area contributed by atoms with E-state index in [4.69, 9.17) is 23.8 Å². The Bertz CT molecular complexity index is 743. The smallest absolute Gasteiger partial charge is 0.281 e. The number of nitrogens with zero attached hydrogens (tertiary/aromatic N) is 1. The van der Waals surface area contributed by atoms with Gasteiger partial charge in [0, 0.05) is 5.02 Å². The lowest BCUT2D eigenvalue weighted by atomic mass is 10.2. The Labute approximate surface area is 132 Å². The minimum Gasteiger partial charge on any atom is -0.327 e. The summed E-state index contributed by atoms with van der Waals surface area (Å²) in [5.41, 5.74) is 2.04. The first-order valence-corrected chi connectivity index (χ1v) is 7.11. The summed E-state index contributed by atoms with van der Waals surface area (Å²) in [5.74, 6) is -0.189. The molecule has 1 amide bonds. The van der Waals surface area contributed by atoms with Crippen molar-refractivity contribution in [3.05, 3.63) is 70.9 Å². The van der Waals surface area contributed by atoms with Crippen LogP contribution in [0.5, 0.6) is 0 Å². The highest BCUT2D eigenvalue weighted by atomic mass is 35.5. The minimum absolute atomic E-state index is 0.189. The fourth-order valence-electron chi connectivity index (χ4n) is 2.10. The van der Waals surface area contributed by atoms with Gasteiger partial charge in [-0.15, -0.1) is 0 Å². The van der Waals surface area contributed by atoms with Gasteiger partial charge in [0.1, 0.15) is 5.70 Å². The maximum Gasteiger partial charge on any atom is 0.281 e. The molecule has 0 unspecified atom stereocenters. The molecule has 104 valence electrons. The lowest BCUT2D eigenvalue weighted by Crippen LogP contribution is -2.30. The zero-order chi connectivity index (χ0) is 14.8. The van der Waals surface area contributed by atoms with Crippen molar-refractivity contribution in [2.75, 3.05) is 4.90 Å². The molecule has 0 atom stereocenters. The molecule has 0 bridgehead atoms. The maximum absolute atomic E-state index is 12.5. The van der Waals surface area contributed by atoms with Crippen molar-refractivity contribution < 1.29 is 4.79 Å². The molecular formula is C16H11ClN2OS. The van der Waals surface area contributed by atoms with Crippen LogP contribution in [0.1, 0.15) is 5.56 Å². The molecule has 1 N–H and O–H groups in total. The Morgan fingerprint density at radius 2 is 1.86 bits per heavy atom. The van der Waals surface area contributed by atoms with Crippen LogP contribution in [0.2, 0.25) is 5.02 Å². The number of hydrogen-bond donors (Lipinski definition) is 1. The summed E-state index contributed by atoms with van der Waals surface area (Å²) in [5, 5.41) is 3.86. The molecule has 0 aliphatic carbocycles. The van der Waals surface area contributed by atoms with Gasteiger partial charge in [0.25, 0.3) is 5.91 Å². The fourth-order valence-corrected chi connectivity index (χ4v) is 2.58. The summed E-state index contributed by atoms with van der Waals surface area (Å²) in [4.78, 5) is 13.9. The van der Waals surface area contributed by atoms with Crippen LogP contribution >= 0.6 is 23.8 Å². The summed E-state index contributed by atoms with van der Waals surface area (Å²) >= 11 is 11.2. The van der Waals surface area contributed by atoms with Crippen LogP contribution in [0.3, 0.4) is 0 Å². The van der Waals surface area contributed by atoms with E-state index in [1.54, 1.807) is 30.3 Å². The molecule has 1 aliphatic rings. The lowest BCUT2D eigenvalue weighted by Gasteiger charge is -2.13. The van der Waals surface area contributed by atoms with Crippen LogP contribution in [0.15, 0.2) is 60.3 Å². The van der Waals surface area contributed by atoms with Gasteiger partial charge in [-0.05, 0) is 42.1 Å². The minimum atomic E-state index is -0.189. The molecule has 0 saturated carbocycles. The zero-order valence-electron chi connectivity index (χ0n) is 10.9. The fraction of sp³-hybridized carbons (Fsp3) is 0. The van der Waals surface area contributed by atoms with E-state index >= 15 is 0 Å². The highest BCUT2D eigenvalue weighted by Gasteiger charge is 2.31. The number of benzene rings is 2. The van der Waals surface area contributed by atoms with Gasteiger partial charge in [-0.2, -0.15) is 0 Å². The van der Waals surface area contributed by atoms with Gasteiger partial charge >= 0.3 is 0 Å². The summed E-state index contributed by atoms with van der Waals surface area (Å²) in [6.45, 7) is 0. The SMILES string of the molecule is O=C1/C(=C/c2ccccc2)NC(=S)N1c1cccc(Cl)c1. The molecule has 2 aromatic carbocycles. The zero-order valence-corrected chi connectivity index (χ0v) is 12.5. The molecule has 3 nitrogen and oxygen atoms in total. The number of halogens is 1. The third-order valence-corrected chi connectivity index (χ3v) is 3.57. The lowest BCUT2D eigenvalue weighted by molar-refractivity contribution is -0.113. The Morgan fingerprint density at radius 1 is 1.10 bits per heavy atom. The van der Waals surface area contributed by atoms with E-state index in [1.807, 2.05) is 30.3 Å². The second kappa shape index (κ2) is 5.68. The Morgan fingerprint density at radius 3 is 2.57 bits per heavy atom. The standard InChI is InChI=1S/C16H11ClN2OS/c17-12-7-4-8-13(10-12)19-15(20)14(18-16(19)21)9-11-5-2-1-3-6-11/h1-10H,(H,18,21)/b14-9-. The second-order valence-corrected chi connectivity index (χ2v) is 5.34. The highest BCUT2D eigenvalue weighted by molar-refractivity contribution is 7.80. The van der Waals surface area contributed by atoms with Crippen LogP contribution in [0, 0.1) is 0 Å². The van der Waals surface area contributed by atoms with Crippen molar-refractivity contribution in [3.63, 3.8) is 0 Å². The predicted octanol–water partition coefficient (Wildman–Crippen LogP) is 3.60. The first-order valence-electron chi connectivity index (χ1n) is 6.33. The Hall–Kier alpha value is -2.17. The maximum atomic E-state index is 12.5. The third kappa shape index (κ3) is 2.82. The molecular weight excluding hydrogens is 304 g/mol. The molecule has 0 aromatic heterocycles. The van der Waals surface area contributed by atoms with Gasteiger partial charge in [-0.3, -0.25) is 9.69 Å². The summed E-state index contributed by atoms with van der Waals surface area (Å²) in [6, 6.07) is 16.6. The van der Waals surface area contributed by atoms with Crippen LogP contribution in [-0.2, 0) is 4.79 Å². The third-order valence-electron chi connectivity index (χ3n) is 3.06. The van der Waals surface area contributed by atoms with E-state index in [-0.39, 0.29) is 5.91 Å². The van der Waals surface area contributed by atoms with Gasteiger partial charge in [-0.25, -0.2) is 0 Å². The van der Waals surface area contributed by atoms with Gasteiger partial charge in [0.15, 0.2) is 5.11 Å². The summed E-state index contributed by atoms with van der Waals surface area (Å²) in [6.07, 6.45) is 1.78. The van der Waals surface area contributed by atoms with Crippen LogP contribution < -0.4 is 10.2 Å². The van der Waals surface area contributed by atoms with Crippen LogP contribution in [-0.4, -0.2) is 11.0 Å². The number of rotatable bonds is 2. The van der Waals surface area contributed by atoms with Crippen LogP contribution in [0.25, 0.3) is 6.08 Å². The molecule has 0 spiro atoms. The van der Waals surface area contributed by atoms with Gasteiger partial charge in [0.05, 0.1) is 5.69 Å². The Kier molecular flexibility index (Phi) is 3.73. The van der Waals surface area contributed by atoms with Crippen molar-refractivity contribution >= 4 is 46.6 Å². The number of nitrogens with one attached hydrogen (secondary N) is 1. The number of carbonyl (C=O) groups excluding carboxylic acids is 1. The average molecular weight is 315 g/mol. The van der Waals surface area contributed by atoms with Gasteiger partial charge in [-0.1, -0.05) is 48.0 Å².